The first kappa shape index (κ1) is 19.7. The van der Waals surface area contributed by atoms with E-state index in [4.69, 9.17) is 16.3 Å². The summed E-state index contributed by atoms with van der Waals surface area (Å²) in [6.07, 6.45) is 0. The summed E-state index contributed by atoms with van der Waals surface area (Å²) in [7, 11) is 0. The van der Waals surface area contributed by atoms with Crippen molar-refractivity contribution in [1.29, 1.82) is 0 Å². The van der Waals surface area contributed by atoms with E-state index in [0.29, 0.717) is 17.3 Å². The van der Waals surface area contributed by atoms with E-state index in [9.17, 15) is 9.59 Å². The van der Waals surface area contributed by atoms with Crippen LogP contribution in [0.1, 0.15) is 23.3 Å². The molecular formula is C22H19ClN2O3S2. The number of rotatable bonds is 3. The highest BCUT2D eigenvalue weighted by Gasteiger charge is 2.47. The Hall–Kier alpha value is -2.22. The molecule has 0 spiro atoms. The van der Waals surface area contributed by atoms with Crippen molar-refractivity contribution in [3.8, 4) is 5.75 Å². The highest BCUT2D eigenvalue weighted by atomic mass is 35.5. The van der Waals surface area contributed by atoms with Gasteiger partial charge in [-0.05, 0) is 30.3 Å². The Bertz CT molecular complexity index is 1190. The number of nitrogens with one attached hydrogen (secondary N) is 1. The Morgan fingerprint density at radius 3 is 2.83 bits per heavy atom. The number of amides is 1. The molecule has 0 fully saturated rings. The average molecular weight is 459 g/mol. The number of para-hydroxylation sites is 1. The van der Waals surface area contributed by atoms with Crippen molar-refractivity contribution in [2.75, 3.05) is 17.7 Å². The number of thiazole rings is 1. The molecule has 5 rings (SSSR count). The van der Waals surface area contributed by atoms with E-state index < -0.39 is 0 Å². The second-order valence-corrected chi connectivity index (χ2v) is 10.3. The zero-order valence-electron chi connectivity index (χ0n) is 16.2. The summed E-state index contributed by atoms with van der Waals surface area (Å²) in [5.41, 5.74) is 1.68. The predicted molar refractivity (Wildman–Crippen MR) is 121 cm³/mol. The fourth-order valence-corrected chi connectivity index (χ4v) is 7.07. The van der Waals surface area contributed by atoms with Gasteiger partial charge in [0.15, 0.2) is 0 Å². The standard InChI is InChI=1S/C22H19ClN2O3S2/c1-22-11-28-16-5-3-2-4-15(16)18(22)19-20(29-12-22)25(21(27)30-19)10-17(26)24-14-8-6-13(23)7-9-14/h2-9,18H,10-12H2,1H3,(H,24,26)/t18-,22+/m0/s1. The molecule has 0 saturated carbocycles. The first-order valence-corrected chi connectivity index (χ1v) is 11.8. The lowest BCUT2D eigenvalue weighted by Gasteiger charge is -2.44. The average Bonchev–Trinajstić information content (AvgIpc) is 3.04. The molecular weight excluding hydrogens is 440 g/mol. The Balaban J connectivity index is 1.48. The number of nitrogens with zero attached hydrogens (tertiary/aromatic N) is 1. The normalized spacial score (nSPS) is 21.7. The fraction of sp³-hybridized carbons (Fsp3) is 0.273. The summed E-state index contributed by atoms with van der Waals surface area (Å²) < 4.78 is 7.62. The molecule has 5 nitrogen and oxygen atoms in total. The van der Waals surface area contributed by atoms with Crippen LogP contribution in [0.15, 0.2) is 58.4 Å². The van der Waals surface area contributed by atoms with Crippen LogP contribution >= 0.6 is 34.7 Å². The van der Waals surface area contributed by atoms with Crippen molar-refractivity contribution in [3.05, 3.63) is 73.7 Å². The topological polar surface area (TPSA) is 60.3 Å². The number of carbonyl (C=O) groups is 1. The number of halogens is 1. The van der Waals surface area contributed by atoms with E-state index in [1.165, 1.54) is 11.3 Å². The van der Waals surface area contributed by atoms with E-state index in [1.54, 1.807) is 40.6 Å². The molecule has 1 aromatic heterocycles. The lowest BCUT2D eigenvalue weighted by atomic mass is 9.72. The van der Waals surface area contributed by atoms with Gasteiger partial charge in [-0.15, -0.1) is 11.8 Å². The van der Waals surface area contributed by atoms with Gasteiger partial charge >= 0.3 is 4.87 Å². The first-order valence-electron chi connectivity index (χ1n) is 9.58. The Morgan fingerprint density at radius 1 is 1.27 bits per heavy atom. The lowest BCUT2D eigenvalue weighted by molar-refractivity contribution is -0.116. The van der Waals surface area contributed by atoms with Crippen molar-refractivity contribution in [2.24, 2.45) is 5.41 Å². The maximum atomic E-state index is 12.9. The molecule has 1 N–H and O–H groups in total. The molecule has 0 aliphatic carbocycles. The molecule has 30 heavy (non-hydrogen) atoms. The lowest BCUT2D eigenvalue weighted by Crippen LogP contribution is -2.41. The molecule has 2 atom stereocenters. The molecule has 0 saturated heterocycles. The maximum Gasteiger partial charge on any atom is 0.308 e. The van der Waals surface area contributed by atoms with Gasteiger partial charge in [0.2, 0.25) is 5.91 Å². The zero-order valence-corrected chi connectivity index (χ0v) is 18.6. The van der Waals surface area contributed by atoms with E-state index >= 15 is 0 Å². The number of hydrogen-bond acceptors (Lipinski definition) is 5. The first-order chi connectivity index (χ1) is 14.4. The molecule has 0 bridgehead atoms. The SMILES string of the molecule is C[C@]12COc3ccccc3[C@H]1c1sc(=O)n(CC(=O)Nc3ccc(Cl)cc3)c1SC2. The van der Waals surface area contributed by atoms with Gasteiger partial charge in [0, 0.05) is 38.2 Å². The molecule has 0 unspecified atom stereocenters. The predicted octanol–water partition coefficient (Wildman–Crippen LogP) is 4.84. The van der Waals surface area contributed by atoms with E-state index in [1.807, 2.05) is 18.2 Å². The fourth-order valence-electron chi connectivity index (χ4n) is 4.12. The number of ether oxygens (including phenoxy) is 1. The monoisotopic (exact) mass is 458 g/mol. The number of hydrogen-bond donors (Lipinski definition) is 1. The molecule has 0 radical (unpaired) electrons. The Morgan fingerprint density at radius 2 is 2.03 bits per heavy atom. The molecule has 3 heterocycles. The molecule has 2 aromatic carbocycles. The van der Waals surface area contributed by atoms with Gasteiger partial charge in [0.05, 0.1) is 11.6 Å². The number of carbonyl (C=O) groups excluding carboxylic acids is 1. The largest absolute Gasteiger partial charge is 0.493 e. The van der Waals surface area contributed by atoms with Crippen LogP contribution < -0.4 is 14.9 Å². The molecule has 8 heteroatoms. The van der Waals surface area contributed by atoms with Crippen LogP contribution in [0.25, 0.3) is 0 Å². The summed E-state index contributed by atoms with van der Waals surface area (Å²) in [6.45, 7) is 2.82. The van der Waals surface area contributed by atoms with Crippen molar-refractivity contribution >= 4 is 46.3 Å². The minimum Gasteiger partial charge on any atom is -0.493 e. The second kappa shape index (κ2) is 7.48. The van der Waals surface area contributed by atoms with Crippen molar-refractivity contribution in [3.63, 3.8) is 0 Å². The zero-order chi connectivity index (χ0) is 20.9. The summed E-state index contributed by atoms with van der Waals surface area (Å²) in [6, 6.07) is 15.0. The maximum absolute atomic E-state index is 12.9. The van der Waals surface area contributed by atoms with Crippen molar-refractivity contribution < 1.29 is 9.53 Å². The van der Waals surface area contributed by atoms with E-state index in [2.05, 4.69) is 18.3 Å². The van der Waals surface area contributed by atoms with Gasteiger partial charge in [-0.1, -0.05) is 48.1 Å². The number of anilines is 1. The summed E-state index contributed by atoms with van der Waals surface area (Å²) >= 11 is 8.79. The minimum atomic E-state index is -0.235. The Labute approximate surface area is 187 Å². The number of fused-ring (bicyclic) bond motifs is 5. The molecule has 154 valence electrons. The van der Waals surface area contributed by atoms with Gasteiger partial charge in [-0.2, -0.15) is 0 Å². The number of thioether (sulfide) groups is 1. The van der Waals surface area contributed by atoms with Gasteiger partial charge in [-0.3, -0.25) is 14.2 Å². The number of aromatic nitrogens is 1. The summed E-state index contributed by atoms with van der Waals surface area (Å²) in [4.78, 5) is 26.4. The highest BCUT2D eigenvalue weighted by molar-refractivity contribution is 7.99. The van der Waals surface area contributed by atoms with Gasteiger partial charge in [0.1, 0.15) is 12.3 Å². The summed E-state index contributed by atoms with van der Waals surface area (Å²) in [5.74, 6) is 1.57. The third-order valence-corrected chi connectivity index (χ3v) is 8.53. The number of benzene rings is 2. The highest BCUT2D eigenvalue weighted by Crippen LogP contribution is 2.56. The van der Waals surface area contributed by atoms with E-state index in [0.717, 1.165) is 27.0 Å². The quantitative estimate of drug-likeness (QED) is 0.610. The van der Waals surface area contributed by atoms with E-state index in [-0.39, 0.29) is 28.7 Å². The molecule has 2 aliphatic heterocycles. The molecule has 3 aromatic rings. The van der Waals surface area contributed by atoms with Crippen molar-refractivity contribution in [2.45, 2.75) is 24.4 Å². The third kappa shape index (κ3) is 3.35. The van der Waals surface area contributed by atoms with Crippen LogP contribution in [0.2, 0.25) is 5.02 Å². The Kier molecular flexibility index (Phi) is 4.92. The van der Waals surface area contributed by atoms with Gasteiger partial charge in [-0.25, -0.2) is 0 Å². The minimum absolute atomic E-state index is 0.0120. The van der Waals surface area contributed by atoms with Gasteiger partial charge in [0.25, 0.3) is 0 Å². The van der Waals surface area contributed by atoms with Crippen LogP contribution in [0.5, 0.6) is 5.75 Å². The summed E-state index contributed by atoms with van der Waals surface area (Å²) in [5, 5.41) is 4.34. The molecule has 1 amide bonds. The van der Waals surface area contributed by atoms with Crippen LogP contribution in [0, 0.1) is 5.41 Å². The van der Waals surface area contributed by atoms with Crippen LogP contribution in [0.3, 0.4) is 0 Å². The van der Waals surface area contributed by atoms with Crippen molar-refractivity contribution in [1.82, 2.24) is 4.57 Å². The van der Waals surface area contributed by atoms with Crippen LogP contribution in [-0.4, -0.2) is 22.8 Å². The second-order valence-electron chi connectivity index (χ2n) is 7.88. The van der Waals surface area contributed by atoms with Crippen LogP contribution in [0.4, 0.5) is 5.69 Å². The smallest absolute Gasteiger partial charge is 0.308 e. The van der Waals surface area contributed by atoms with Crippen LogP contribution in [-0.2, 0) is 11.3 Å². The third-order valence-electron chi connectivity index (χ3n) is 5.59. The molecule has 2 aliphatic rings. The van der Waals surface area contributed by atoms with Gasteiger partial charge < -0.3 is 10.1 Å².